The number of nitrogens with zero attached hydrogens (tertiary/aromatic N) is 3. The predicted octanol–water partition coefficient (Wildman–Crippen LogP) is 5.18. The maximum Gasteiger partial charge on any atom is 0.294 e. The number of carbonyl (C=O) groups is 1. The highest BCUT2D eigenvalue weighted by molar-refractivity contribution is 6.42. The molecule has 0 saturated heterocycles. The molecular formula is C22H15Cl3F3N5O2. The van der Waals surface area contributed by atoms with Crippen LogP contribution in [0.25, 0.3) is 16.8 Å². The number of pyridine rings is 1. The number of hydrogen-bond donors (Lipinski definition) is 3. The summed E-state index contributed by atoms with van der Waals surface area (Å²) < 4.78 is 45.9. The van der Waals surface area contributed by atoms with Crippen LogP contribution in [0.5, 0.6) is 0 Å². The summed E-state index contributed by atoms with van der Waals surface area (Å²) in [7, 11) is 0. The van der Waals surface area contributed by atoms with E-state index in [1.807, 2.05) is 5.32 Å². The molecule has 0 aliphatic heterocycles. The number of nitrogen functional groups attached to an aromatic ring is 1. The monoisotopic (exact) mass is 543 g/mol. The number of rotatable bonds is 6. The normalized spacial score (nSPS) is 12.7. The number of aromatic nitrogens is 3. The molecule has 0 unspecified atom stereocenters. The molecule has 2 aromatic heterocycles. The van der Waals surface area contributed by atoms with Crippen molar-refractivity contribution in [1.29, 1.82) is 0 Å². The molecule has 0 fully saturated rings. The predicted molar refractivity (Wildman–Crippen MR) is 127 cm³/mol. The van der Waals surface area contributed by atoms with Gasteiger partial charge in [-0.3, -0.25) is 4.79 Å². The zero-order valence-electron chi connectivity index (χ0n) is 17.4. The van der Waals surface area contributed by atoms with E-state index in [0.29, 0.717) is 11.2 Å². The quantitative estimate of drug-likeness (QED) is 0.310. The van der Waals surface area contributed by atoms with E-state index in [-0.39, 0.29) is 32.1 Å². The lowest BCUT2D eigenvalue weighted by atomic mass is 10.0. The number of benzene rings is 2. The molecule has 35 heavy (non-hydrogen) atoms. The van der Waals surface area contributed by atoms with E-state index in [1.54, 1.807) is 0 Å². The summed E-state index contributed by atoms with van der Waals surface area (Å²) in [6.07, 6.45) is -0.821. The van der Waals surface area contributed by atoms with Gasteiger partial charge in [0.25, 0.3) is 11.8 Å². The Kier molecular flexibility index (Phi) is 6.83. The van der Waals surface area contributed by atoms with Crippen LogP contribution in [0.2, 0.25) is 15.1 Å². The third kappa shape index (κ3) is 5.01. The first-order valence-electron chi connectivity index (χ1n) is 9.87. The first kappa shape index (κ1) is 25.1. The molecule has 1 atom stereocenters. The number of hydrogen-bond acceptors (Lipinski definition) is 5. The van der Waals surface area contributed by atoms with Crippen molar-refractivity contribution < 1.29 is 23.1 Å². The first-order valence-corrected chi connectivity index (χ1v) is 11.0. The Morgan fingerprint density at radius 2 is 1.83 bits per heavy atom. The number of anilines is 1. The van der Waals surface area contributed by atoms with Crippen molar-refractivity contribution in [3.63, 3.8) is 0 Å². The second-order valence-electron chi connectivity index (χ2n) is 7.49. The van der Waals surface area contributed by atoms with Gasteiger partial charge in [0.2, 0.25) is 5.95 Å². The summed E-state index contributed by atoms with van der Waals surface area (Å²) in [5.74, 6) is -6.03. The number of carbonyl (C=O) groups excluding carboxylic acids is 1. The van der Waals surface area contributed by atoms with Gasteiger partial charge in [-0.15, -0.1) is 5.10 Å². The van der Waals surface area contributed by atoms with Gasteiger partial charge in [0.15, 0.2) is 5.65 Å². The molecule has 4 rings (SSSR count). The average molecular weight is 545 g/mol. The molecule has 2 heterocycles. The van der Waals surface area contributed by atoms with Crippen LogP contribution in [-0.4, -0.2) is 38.1 Å². The number of amides is 1. The van der Waals surface area contributed by atoms with Crippen molar-refractivity contribution in [2.75, 3.05) is 12.3 Å². The van der Waals surface area contributed by atoms with Crippen LogP contribution < -0.4 is 11.1 Å². The molecule has 0 saturated carbocycles. The number of nitrogens with two attached hydrogens (primary N) is 1. The van der Waals surface area contributed by atoms with E-state index >= 15 is 4.39 Å². The smallest absolute Gasteiger partial charge is 0.294 e. The highest BCUT2D eigenvalue weighted by Crippen LogP contribution is 2.35. The van der Waals surface area contributed by atoms with Crippen LogP contribution in [-0.2, 0) is 0 Å². The third-order valence-corrected chi connectivity index (χ3v) is 6.18. The second-order valence-corrected chi connectivity index (χ2v) is 8.71. The number of fused-ring (bicyclic) bond motifs is 1. The highest BCUT2D eigenvalue weighted by Gasteiger charge is 2.40. The van der Waals surface area contributed by atoms with E-state index in [9.17, 15) is 18.7 Å². The van der Waals surface area contributed by atoms with Crippen molar-refractivity contribution in [3.05, 3.63) is 80.7 Å². The first-order chi connectivity index (χ1) is 16.5. The molecule has 0 aliphatic rings. The molecule has 2 aromatic carbocycles. The van der Waals surface area contributed by atoms with Gasteiger partial charge in [-0.2, -0.15) is 4.98 Å². The molecule has 0 aliphatic carbocycles. The number of aliphatic hydroxyl groups excluding tert-OH is 1. The van der Waals surface area contributed by atoms with Crippen molar-refractivity contribution >= 4 is 52.3 Å². The topological polar surface area (TPSA) is 106 Å². The SMILES string of the molecule is Nc1nc2cc(-c3ccc(Cl)c(C(=O)NCC(F)(F)[C@@H](O)c4ccc(Cl)c(Cl)c4)c3F)ccn2n1. The average Bonchev–Trinajstić information content (AvgIpc) is 3.18. The van der Waals surface area contributed by atoms with Crippen LogP contribution in [0.15, 0.2) is 48.7 Å². The molecule has 0 radical (unpaired) electrons. The fourth-order valence-electron chi connectivity index (χ4n) is 3.36. The zero-order valence-corrected chi connectivity index (χ0v) is 19.7. The molecule has 1 amide bonds. The molecule has 0 bridgehead atoms. The van der Waals surface area contributed by atoms with Gasteiger partial charge < -0.3 is 16.2 Å². The van der Waals surface area contributed by atoms with E-state index < -0.39 is 35.9 Å². The summed E-state index contributed by atoms with van der Waals surface area (Å²) in [6.45, 7) is -1.31. The second kappa shape index (κ2) is 9.54. The van der Waals surface area contributed by atoms with Gasteiger partial charge in [-0.1, -0.05) is 40.9 Å². The van der Waals surface area contributed by atoms with Gasteiger partial charge in [0.1, 0.15) is 11.9 Å². The largest absolute Gasteiger partial charge is 0.382 e. The Morgan fingerprint density at radius 3 is 2.54 bits per heavy atom. The minimum Gasteiger partial charge on any atom is -0.382 e. The standard InChI is InChI=1S/C22H15Cl3F3N5O2/c23-13-3-1-11(7-15(13)25)19(34)22(27,28)9-30-20(35)17-14(24)4-2-12(18(17)26)10-5-6-33-16(8-10)31-21(29)32-33/h1-8,19,34H,9H2,(H2,29,32)(H,30,35)/t19-/m0/s1. The summed E-state index contributed by atoms with van der Waals surface area (Å²) >= 11 is 17.6. The Bertz CT molecular complexity index is 1450. The molecule has 7 nitrogen and oxygen atoms in total. The lowest BCUT2D eigenvalue weighted by Crippen LogP contribution is -2.41. The Morgan fingerprint density at radius 1 is 1.11 bits per heavy atom. The highest BCUT2D eigenvalue weighted by atomic mass is 35.5. The van der Waals surface area contributed by atoms with Crippen molar-refractivity contribution in [2.45, 2.75) is 12.0 Å². The summed E-state index contributed by atoms with van der Waals surface area (Å²) in [5.41, 5.74) is 5.34. The minimum absolute atomic E-state index is 0.0165. The molecule has 0 spiro atoms. The summed E-state index contributed by atoms with van der Waals surface area (Å²) in [5, 5.41) is 15.8. The van der Waals surface area contributed by atoms with Gasteiger partial charge >= 0.3 is 0 Å². The van der Waals surface area contributed by atoms with E-state index in [1.165, 1.54) is 47.1 Å². The van der Waals surface area contributed by atoms with Crippen molar-refractivity contribution in [2.24, 2.45) is 0 Å². The fourth-order valence-corrected chi connectivity index (χ4v) is 3.90. The zero-order chi connectivity index (χ0) is 25.5. The Labute approximate surface area is 211 Å². The van der Waals surface area contributed by atoms with Crippen LogP contribution in [0.4, 0.5) is 19.1 Å². The molecular weight excluding hydrogens is 530 g/mol. The molecule has 182 valence electrons. The molecule has 4 N–H and O–H groups in total. The maximum absolute atomic E-state index is 15.3. The van der Waals surface area contributed by atoms with Crippen LogP contribution in [0.3, 0.4) is 0 Å². The van der Waals surface area contributed by atoms with E-state index in [2.05, 4.69) is 10.1 Å². The third-order valence-electron chi connectivity index (χ3n) is 5.13. The summed E-state index contributed by atoms with van der Waals surface area (Å²) in [6, 6.07) is 9.11. The van der Waals surface area contributed by atoms with Crippen LogP contribution in [0, 0.1) is 5.82 Å². The van der Waals surface area contributed by atoms with Gasteiger partial charge in [0, 0.05) is 11.8 Å². The van der Waals surface area contributed by atoms with Crippen LogP contribution in [0.1, 0.15) is 22.0 Å². The number of nitrogens with one attached hydrogen (secondary N) is 1. The lowest BCUT2D eigenvalue weighted by Gasteiger charge is -2.23. The van der Waals surface area contributed by atoms with Crippen molar-refractivity contribution in [3.8, 4) is 11.1 Å². The van der Waals surface area contributed by atoms with E-state index in [0.717, 1.165) is 6.07 Å². The minimum atomic E-state index is -3.83. The fraction of sp³-hybridized carbons (Fsp3) is 0.136. The van der Waals surface area contributed by atoms with Crippen molar-refractivity contribution in [1.82, 2.24) is 19.9 Å². The Balaban J connectivity index is 1.57. The Hall–Kier alpha value is -3.05. The summed E-state index contributed by atoms with van der Waals surface area (Å²) in [4.78, 5) is 16.6. The molecule has 13 heteroatoms. The van der Waals surface area contributed by atoms with Gasteiger partial charge in [-0.05, 0) is 47.5 Å². The lowest BCUT2D eigenvalue weighted by molar-refractivity contribution is -0.106. The number of alkyl halides is 2. The molecule has 4 aromatic rings. The number of halogens is 6. The van der Waals surface area contributed by atoms with E-state index in [4.69, 9.17) is 40.5 Å². The van der Waals surface area contributed by atoms with Crippen LogP contribution >= 0.6 is 34.8 Å². The van der Waals surface area contributed by atoms with Gasteiger partial charge in [-0.25, -0.2) is 17.7 Å². The maximum atomic E-state index is 15.3. The number of aliphatic hydroxyl groups is 1. The van der Waals surface area contributed by atoms with Gasteiger partial charge in [0.05, 0.1) is 27.2 Å².